The summed E-state index contributed by atoms with van der Waals surface area (Å²) in [7, 11) is 0. The molecule has 5 N–H and O–H groups in total. The SMILES string of the molecule is NNc1ccc([N+](=O)[O-])cc1C(=O)Nc1ncc[nH]1. The summed E-state index contributed by atoms with van der Waals surface area (Å²) < 4.78 is 0. The summed E-state index contributed by atoms with van der Waals surface area (Å²) in [4.78, 5) is 28.6. The van der Waals surface area contributed by atoms with Gasteiger partial charge in [-0.25, -0.2) is 4.98 Å². The second-order valence-electron chi connectivity index (χ2n) is 3.52. The number of hydrazine groups is 1. The number of rotatable bonds is 4. The van der Waals surface area contributed by atoms with Crippen LogP contribution in [0, 0.1) is 10.1 Å². The molecule has 0 aliphatic carbocycles. The van der Waals surface area contributed by atoms with Gasteiger partial charge in [0.15, 0.2) is 0 Å². The maximum absolute atomic E-state index is 12.0. The Balaban J connectivity index is 2.33. The number of amides is 1. The molecule has 1 heterocycles. The molecule has 98 valence electrons. The lowest BCUT2D eigenvalue weighted by atomic mass is 10.1. The average molecular weight is 262 g/mol. The molecule has 2 aromatic rings. The molecule has 9 heteroatoms. The number of nitrogens with two attached hydrogens (primary N) is 1. The molecule has 0 fully saturated rings. The molecule has 0 aliphatic heterocycles. The van der Waals surface area contributed by atoms with Gasteiger partial charge in [0.25, 0.3) is 11.6 Å². The van der Waals surface area contributed by atoms with Crippen LogP contribution in [0.25, 0.3) is 0 Å². The molecule has 9 nitrogen and oxygen atoms in total. The maximum atomic E-state index is 12.0. The predicted octanol–water partition coefficient (Wildman–Crippen LogP) is 0.856. The van der Waals surface area contributed by atoms with Gasteiger partial charge >= 0.3 is 0 Å². The number of hydrogen-bond acceptors (Lipinski definition) is 6. The van der Waals surface area contributed by atoms with E-state index in [0.29, 0.717) is 0 Å². The van der Waals surface area contributed by atoms with Gasteiger partial charge < -0.3 is 10.4 Å². The molecule has 0 spiro atoms. The minimum atomic E-state index is -0.593. The Bertz CT molecular complexity index is 610. The molecule has 0 radical (unpaired) electrons. The van der Waals surface area contributed by atoms with Gasteiger partial charge in [0.2, 0.25) is 5.95 Å². The number of nitrogens with zero attached hydrogens (tertiary/aromatic N) is 2. The second-order valence-corrected chi connectivity index (χ2v) is 3.52. The van der Waals surface area contributed by atoms with Crippen molar-refractivity contribution in [3.05, 3.63) is 46.3 Å². The van der Waals surface area contributed by atoms with Gasteiger partial charge in [-0.3, -0.25) is 26.1 Å². The molecule has 0 saturated heterocycles. The topological polar surface area (TPSA) is 139 Å². The van der Waals surface area contributed by atoms with Crippen molar-refractivity contribution in [2.45, 2.75) is 0 Å². The lowest BCUT2D eigenvalue weighted by Gasteiger charge is -2.08. The number of nitrogen functional groups attached to an aromatic ring is 1. The van der Waals surface area contributed by atoms with Gasteiger partial charge in [0, 0.05) is 24.5 Å². The highest BCUT2D eigenvalue weighted by molar-refractivity contribution is 6.07. The number of nitro groups is 1. The first-order chi connectivity index (χ1) is 9.11. The zero-order valence-electron chi connectivity index (χ0n) is 9.58. The van der Waals surface area contributed by atoms with Crippen LogP contribution in [0.4, 0.5) is 17.3 Å². The Morgan fingerprint density at radius 2 is 2.26 bits per heavy atom. The number of imidazole rings is 1. The van der Waals surface area contributed by atoms with Crippen LogP contribution in [0.1, 0.15) is 10.4 Å². The first kappa shape index (κ1) is 12.5. The highest BCUT2D eigenvalue weighted by Crippen LogP contribution is 2.22. The fraction of sp³-hybridized carbons (Fsp3) is 0. The molecule has 0 saturated carbocycles. The summed E-state index contributed by atoms with van der Waals surface area (Å²) in [6.45, 7) is 0. The largest absolute Gasteiger partial charge is 0.331 e. The molecule has 1 aromatic carbocycles. The Labute approximate surface area is 107 Å². The van der Waals surface area contributed by atoms with Crippen LogP contribution >= 0.6 is 0 Å². The Hall–Kier alpha value is -2.94. The first-order valence-corrected chi connectivity index (χ1v) is 5.17. The summed E-state index contributed by atoms with van der Waals surface area (Å²) in [5, 5.41) is 13.2. The normalized spacial score (nSPS) is 9.95. The highest BCUT2D eigenvalue weighted by atomic mass is 16.6. The van der Waals surface area contributed by atoms with Gasteiger partial charge in [-0.15, -0.1) is 0 Å². The second kappa shape index (κ2) is 5.14. The number of benzene rings is 1. The molecule has 2 rings (SSSR count). The third-order valence-electron chi connectivity index (χ3n) is 2.34. The molecule has 1 amide bonds. The van der Waals surface area contributed by atoms with E-state index in [1.165, 1.54) is 24.5 Å². The predicted molar refractivity (Wildman–Crippen MR) is 67.4 cm³/mol. The first-order valence-electron chi connectivity index (χ1n) is 5.17. The fourth-order valence-corrected chi connectivity index (χ4v) is 1.47. The zero-order chi connectivity index (χ0) is 13.8. The standard InChI is InChI=1S/C10H10N6O3/c11-15-8-2-1-6(16(18)19)5-7(8)9(17)14-10-12-3-4-13-10/h1-5,15H,11H2,(H2,12,13,14,17). The molecule has 0 atom stereocenters. The van der Waals surface area contributed by atoms with Crippen LogP contribution in [0.15, 0.2) is 30.6 Å². The van der Waals surface area contributed by atoms with E-state index in [2.05, 4.69) is 20.7 Å². The van der Waals surface area contributed by atoms with Crippen molar-refractivity contribution in [1.29, 1.82) is 0 Å². The van der Waals surface area contributed by atoms with Crippen molar-refractivity contribution < 1.29 is 9.72 Å². The molecule has 0 bridgehead atoms. The molecule has 1 aromatic heterocycles. The molecular weight excluding hydrogens is 252 g/mol. The number of non-ortho nitro benzene ring substituents is 1. The number of anilines is 2. The van der Waals surface area contributed by atoms with Crippen LogP contribution < -0.4 is 16.6 Å². The Morgan fingerprint density at radius 1 is 1.47 bits per heavy atom. The van der Waals surface area contributed by atoms with E-state index in [-0.39, 0.29) is 22.9 Å². The third-order valence-corrected chi connectivity index (χ3v) is 2.34. The molecular formula is C10H10N6O3. The van der Waals surface area contributed by atoms with E-state index in [9.17, 15) is 14.9 Å². The molecule has 19 heavy (non-hydrogen) atoms. The van der Waals surface area contributed by atoms with Crippen molar-refractivity contribution in [3.63, 3.8) is 0 Å². The van der Waals surface area contributed by atoms with Crippen LogP contribution in [0.5, 0.6) is 0 Å². The lowest BCUT2D eigenvalue weighted by Crippen LogP contribution is -2.18. The minimum absolute atomic E-state index is 0.0492. The number of carbonyl (C=O) groups is 1. The van der Waals surface area contributed by atoms with Gasteiger partial charge in [0.05, 0.1) is 16.2 Å². The van der Waals surface area contributed by atoms with Crippen molar-refractivity contribution in [2.75, 3.05) is 10.7 Å². The minimum Gasteiger partial charge on any atom is -0.331 e. The summed E-state index contributed by atoms with van der Waals surface area (Å²) in [6.07, 6.45) is 3.00. The average Bonchev–Trinajstić information content (AvgIpc) is 2.90. The smallest absolute Gasteiger partial charge is 0.270 e. The van der Waals surface area contributed by atoms with E-state index < -0.39 is 10.8 Å². The monoisotopic (exact) mass is 262 g/mol. The highest BCUT2D eigenvalue weighted by Gasteiger charge is 2.17. The van der Waals surface area contributed by atoms with E-state index in [1.54, 1.807) is 0 Å². The Morgan fingerprint density at radius 3 is 2.84 bits per heavy atom. The van der Waals surface area contributed by atoms with E-state index in [4.69, 9.17) is 5.84 Å². The van der Waals surface area contributed by atoms with Crippen LogP contribution in [-0.2, 0) is 0 Å². The Kier molecular flexibility index (Phi) is 3.39. The fourth-order valence-electron chi connectivity index (χ4n) is 1.47. The third kappa shape index (κ3) is 2.66. The van der Waals surface area contributed by atoms with Crippen LogP contribution in [-0.4, -0.2) is 20.8 Å². The van der Waals surface area contributed by atoms with Crippen molar-refractivity contribution in [1.82, 2.24) is 9.97 Å². The van der Waals surface area contributed by atoms with Crippen LogP contribution in [0.2, 0.25) is 0 Å². The summed E-state index contributed by atoms with van der Waals surface area (Å²) in [5.41, 5.74) is 2.43. The molecule has 0 unspecified atom stereocenters. The summed E-state index contributed by atoms with van der Waals surface area (Å²) in [5.74, 6) is 4.94. The van der Waals surface area contributed by atoms with Gasteiger partial charge in [-0.2, -0.15) is 0 Å². The van der Waals surface area contributed by atoms with Gasteiger partial charge in [-0.05, 0) is 6.07 Å². The van der Waals surface area contributed by atoms with E-state index in [0.717, 1.165) is 6.07 Å². The lowest BCUT2D eigenvalue weighted by molar-refractivity contribution is -0.384. The van der Waals surface area contributed by atoms with Gasteiger partial charge in [-0.1, -0.05) is 0 Å². The maximum Gasteiger partial charge on any atom is 0.270 e. The zero-order valence-corrected chi connectivity index (χ0v) is 9.58. The summed E-state index contributed by atoms with van der Waals surface area (Å²) in [6, 6.07) is 3.74. The number of aromatic nitrogens is 2. The quantitative estimate of drug-likeness (QED) is 0.366. The number of hydrogen-bond donors (Lipinski definition) is 4. The van der Waals surface area contributed by atoms with Crippen molar-refractivity contribution in [2.24, 2.45) is 5.84 Å². The number of aromatic amines is 1. The van der Waals surface area contributed by atoms with E-state index in [1.807, 2.05) is 0 Å². The number of nitrogens with one attached hydrogen (secondary N) is 3. The van der Waals surface area contributed by atoms with Crippen LogP contribution in [0.3, 0.4) is 0 Å². The van der Waals surface area contributed by atoms with Gasteiger partial charge in [0.1, 0.15) is 0 Å². The number of carbonyl (C=O) groups excluding carboxylic acids is 1. The van der Waals surface area contributed by atoms with E-state index >= 15 is 0 Å². The molecule has 0 aliphatic rings. The van der Waals surface area contributed by atoms with Crippen molar-refractivity contribution >= 4 is 23.2 Å². The number of H-pyrrole nitrogens is 1. The number of nitro benzene ring substituents is 1. The van der Waals surface area contributed by atoms with Crippen molar-refractivity contribution in [3.8, 4) is 0 Å². The summed E-state index contributed by atoms with van der Waals surface area (Å²) >= 11 is 0.